The average Bonchev–Trinajstić information content (AvgIpc) is 3.07. The van der Waals surface area contributed by atoms with Gasteiger partial charge in [0, 0.05) is 25.5 Å². The van der Waals surface area contributed by atoms with E-state index in [9.17, 15) is 0 Å². The molecular formula is C12H18Cl2N4. The van der Waals surface area contributed by atoms with Crippen LogP contribution in [0.15, 0.2) is 24.5 Å². The number of hydrogen-bond acceptors (Lipinski definition) is 2. The first kappa shape index (κ1) is 15.1. The van der Waals surface area contributed by atoms with Crippen molar-refractivity contribution in [3.8, 4) is 0 Å². The van der Waals surface area contributed by atoms with Gasteiger partial charge in [-0.2, -0.15) is 10.2 Å². The summed E-state index contributed by atoms with van der Waals surface area (Å²) in [7, 11) is 0. The van der Waals surface area contributed by atoms with E-state index in [-0.39, 0.29) is 0 Å². The van der Waals surface area contributed by atoms with Crippen molar-refractivity contribution in [2.45, 2.75) is 38.7 Å². The normalized spacial score (nSPS) is 10.0. The van der Waals surface area contributed by atoms with Crippen LogP contribution in [0.5, 0.6) is 0 Å². The zero-order chi connectivity index (χ0) is 13.4. The minimum Gasteiger partial charge on any atom is -0.273 e. The quantitative estimate of drug-likeness (QED) is 0.810. The van der Waals surface area contributed by atoms with Crippen LogP contribution in [0.3, 0.4) is 0 Å². The Kier molecular flexibility index (Phi) is 6.83. The van der Waals surface area contributed by atoms with E-state index < -0.39 is 0 Å². The number of alkyl halides is 2. The summed E-state index contributed by atoms with van der Waals surface area (Å²) in [6, 6.07) is 3.85. The Bertz CT molecular complexity index is 371. The van der Waals surface area contributed by atoms with Crippen molar-refractivity contribution in [2.24, 2.45) is 0 Å². The van der Waals surface area contributed by atoms with E-state index in [1.165, 1.54) is 0 Å². The Morgan fingerprint density at radius 2 is 1.28 bits per heavy atom. The van der Waals surface area contributed by atoms with Crippen LogP contribution in [0, 0.1) is 0 Å². The molecule has 0 aromatic carbocycles. The van der Waals surface area contributed by atoms with E-state index in [0.717, 1.165) is 24.5 Å². The topological polar surface area (TPSA) is 35.6 Å². The molecule has 2 aromatic rings. The largest absolute Gasteiger partial charge is 0.273 e. The van der Waals surface area contributed by atoms with Crippen LogP contribution in [0.1, 0.15) is 25.2 Å². The average molecular weight is 289 g/mol. The maximum absolute atomic E-state index is 5.52. The third-order valence-corrected chi connectivity index (χ3v) is 2.86. The van der Waals surface area contributed by atoms with Crippen LogP contribution in [0.25, 0.3) is 0 Å². The van der Waals surface area contributed by atoms with Gasteiger partial charge in [0.2, 0.25) is 0 Å². The molecule has 0 radical (unpaired) electrons. The van der Waals surface area contributed by atoms with E-state index in [1.807, 2.05) is 47.7 Å². The molecule has 0 aliphatic rings. The molecule has 0 N–H and O–H groups in total. The molecule has 2 heterocycles. The predicted molar refractivity (Wildman–Crippen MR) is 74.9 cm³/mol. The Hall–Kier alpha value is -1.00. The molecule has 4 nitrogen and oxygen atoms in total. The highest BCUT2D eigenvalue weighted by atomic mass is 35.5. The summed E-state index contributed by atoms with van der Waals surface area (Å²) in [5.74, 6) is 1.01. The van der Waals surface area contributed by atoms with Gasteiger partial charge < -0.3 is 0 Å². The van der Waals surface area contributed by atoms with Gasteiger partial charge in [-0.1, -0.05) is 0 Å². The molecule has 0 saturated heterocycles. The molecule has 0 amide bonds. The Labute approximate surface area is 118 Å². The number of aromatic nitrogens is 4. The van der Waals surface area contributed by atoms with Crippen molar-refractivity contribution >= 4 is 23.2 Å². The number of aryl methyl sites for hydroxylation is 2. The second-order valence-electron chi connectivity index (χ2n) is 3.59. The lowest BCUT2D eigenvalue weighted by Crippen LogP contribution is -1.94. The number of rotatable bonds is 4. The maximum Gasteiger partial charge on any atom is 0.0772 e. The minimum atomic E-state index is 0.507. The Morgan fingerprint density at radius 3 is 1.44 bits per heavy atom. The fraction of sp³-hybridized carbons (Fsp3) is 0.500. The Morgan fingerprint density at radius 1 is 0.889 bits per heavy atom. The lowest BCUT2D eigenvalue weighted by atomic mass is 10.5. The number of nitrogens with zero attached hydrogens (tertiary/aromatic N) is 4. The molecule has 6 heteroatoms. The van der Waals surface area contributed by atoms with Gasteiger partial charge in [-0.15, -0.1) is 23.2 Å². The summed E-state index contributed by atoms with van der Waals surface area (Å²) in [6.45, 7) is 5.92. The highest BCUT2D eigenvalue weighted by Crippen LogP contribution is 1.99. The third kappa shape index (κ3) is 4.70. The van der Waals surface area contributed by atoms with Crippen molar-refractivity contribution in [1.29, 1.82) is 0 Å². The van der Waals surface area contributed by atoms with Crippen LogP contribution in [0.4, 0.5) is 0 Å². The fourth-order valence-electron chi connectivity index (χ4n) is 1.30. The van der Waals surface area contributed by atoms with Gasteiger partial charge in [0.1, 0.15) is 0 Å². The van der Waals surface area contributed by atoms with Crippen LogP contribution < -0.4 is 0 Å². The molecule has 0 spiro atoms. The van der Waals surface area contributed by atoms with Gasteiger partial charge in [-0.05, 0) is 26.0 Å². The second kappa shape index (κ2) is 8.16. The second-order valence-corrected chi connectivity index (χ2v) is 4.13. The molecule has 0 atom stereocenters. The first-order valence-corrected chi connectivity index (χ1v) is 6.96. The molecule has 2 aromatic heterocycles. The number of hydrogen-bond donors (Lipinski definition) is 0. The van der Waals surface area contributed by atoms with E-state index >= 15 is 0 Å². The SMILES string of the molecule is CCn1ccc(CCl)n1.CCn1ccc(CCl)n1. The van der Waals surface area contributed by atoms with Crippen molar-refractivity contribution in [3.63, 3.8) is 0 Å². The van der Waals surface area contributed by atoms with Crippen LogP contribution >= 0.6 is 23.2 Å². The molecule has 0 aliphatic heterocycles. The summed E-state index contributed by atoms with van der Waals surface area (Å²) in [6.07, 6.45) is 3.86. The summed E-state index contributed by atoms with van der Waals surface area (Å²) in [5.41, 5.74) is 1.89. The van der Waals surface area contributed by atoms with Crippen LogP contribution in [-0.2, 0) is 24.8 Å². The smallest absolute Gasteiger partial charge is 0.0772 e. The monoisotopic (exact) mass is 288 g/mol. The highest BCUT2D eigenvalue weighted by molar-refractivity contribution is 6.17. The first-order valence-electron chi connectivity index (χ1n) is 5.90. The zero-order valence-corrected chi connectivity index (χ0v) is 12.2. The van der Waals surface area contributed by atoms with Gasteiger partial charge in [-0.25, -0.2) is 0 Å². The fourth-order valence-corrected chi connectivity index (χ4v) is 1.59. The summed E-state index contributed by atoms with van der Waals surface area (Å²) < 4.78 is 3.72. The van der Waals surface area contributed by atoms with Gasteiger partial charge in [0.15, 0.2) is 0 Å². The number of halogens is 2. The summed E-state index contributed by atoms with van der Waals surface area (Å²) in [5, 5.41) is 8.26. The van der Waals surface area contributed by atoms with E-state index in [2.05, 4.69) is 10.2 Å². The van der Waals surface area contributed by atoms with Gasteiger partial charge in [0.05, 0.1) is 23.1 Å². The standard InChI is InChI=1S/2C6H9ClN2/c2*1-2-9-4-3-6(5-7)8-9/h2*3-4H,2,5H2,1H3. The van der Waals surface area contributed by atoms with Crippen molar-refractivity contribution in [1.82, 2.24) is 19.6 Å². The lowest BCUT2D eigenvalue weighted by Gasteiger charge is -1.90. The Balaban J connectivity index is 0.000000180. The van der Waals surface area contributed by atoms with Crippen molar-refractivity contribution in [2.75, 3.05) is 0 Å². The van der Waals surface area contributed by atoms with Crippen molar-refractivity contribution < 1.29 is 0 Å². The van der Waals surface area contributed by atoms with Crippen molar-refractivity contribution in [3.05, 3.63) is 35.9 Å². The summed E-state index contributed by atoms with van der Waals surface area (Å²) in [4.78, 5) is 0. The minimum absolute atomic E-state index is 0.507. The van der Waals surface area contributed by atoms with Gasteiger partial charge in [-0.3, -0.25) is 9.36 Å². The van der Waals surface area contributed by atoms with E-state index in [4.69, 9.17) is 23.2 Å². The zero-order valence-electron chi connectivity index (χ0n) is 10.7. The molecule has 100 valence electrons. The molecule has 0 bridgehead atoms. The third-order valence-electron chi connectivity index (χ3n) is 2.31. The van der Waals surface area contributed by atoms with Gasteiger partial charge in [0.25, 0.3) is 0 Å². The molecule has 2 rings (SSSR count). The highest BCUT2D eigenvalue weighted by Gasteiger charge is 1.93. The first-order chi connectivity index (χ1) is 8.73. The lowest BCUT2D eigenvalue weighted by molar-refractivity contribution is 0.652. The van der Waals surface area contributed by atoms with Crippen LogP contribution in [0.2, 0.25) is 0 Å². The predicted octanol–water partition coefficient (Wildman–Crippen LogP) is 3.28. The van der Waals surface area contributed by atoms with Gasteiger partial charge >= 0.3 is 0 Å². The molecule has 18 heavy (non-hydrogen) atoms. The summed E-state index contributed by atoms with van der Waals surface area (Å²) >= 11 is 11.0. The van der Waals surface area contributed by atoms with E-state index in [0.29, 0.717) is 11.8 Å². The molecule has 0 fully saturated rings. The van der Waals surface area contributed by atoms with Crippen LogP contribution in [-0.4, -0.2) is 19.6 Å². The molecule has 0 aliphatic carbocycles. The molecule has 0 unspecified atom stereocenters. The molecule has 0 saturated carbocycles. The molecular weight excluding hydrogens is 271 g/mol. The van der Waals surface area contributed by atoms with E-state index in [1.54, 1.807) is 0 Å². The maximum atomic E-state index is 5.52.